The third kappa shape index (κ3) is 3.59. The number of ketones is 1. The average molecular weight is 375 g/mol. The van der Waals surface area contributed by atoms with Crippen molar-refractivity contribution in [1.82, 2.24) is 24.8 Å². The molecule has 7 heteroatoms. The lowest BCUT2D eigenvalue weighted by Crippen LogP contribution is -2.06. The second kappa shape index (κ2) is 7.28. The molecule has 0 unspecified atom stereocenters. The van der Waals surface area contributed by atoms with E-state index in [0.717, 1.165) is 27.9 Å². The van der Waals surface area contributed by atoms with Gasteiger partial charge in [-0.05, 0) is 43.7 Å². The molecule has 0 aliphatic heterocycles. The summed E-state index contributed by atoms with van der Waals surface area (Å²) in [5, 5.41) is 13.5. The number of Topliss-reactive ketones (excluding diaryl/α,β-unsaturated/α-hetero) is 1. The van der Waals surface area contributed by atoms with Gasteiger partial charge in [0.1, 0.15) is 0 Å². The van der Waals surface area contributed by atoms with Crippen molar-refractivity contribution in [3.8, 4) is 11.3 Å². The summed E-state index contributed by atoms with van der Waals surface area (Å²) in [5.74, 6) is 0.349. The Morgan fingerprint density at radius 3 is 2.78 bits per heavy atom. The van der Waals surface area contributed by atoms with Gasteiger partial charge in [-0.15, -0.1) is 10.2 Å². The monoisotopic (exact) mass is 375 g/mol. The Labute approximate surface area is 160 Å². The molecule has 1 aromatic carbocycles. The Morgan fingerprint density at radius 1 is 1.11 bits per heavy atom. The van der Waals surface area contributed by atoms with Crippen molar-refractivity contribution in [2.24, 2.45) is 0 Å². The summed E-state index contributed by atoms with van der Waals surface area (Å²) in [6, 6.07) is 13.4. The molecular formula is C20H17N5OS. The molecule has 0 radical (unpaired) electrons. The fourth-order valence-electron chi connectivity index (χ4n) is 2.86. The third-order valence-corrected chi connectivity index (χ3v) is 5.13. The zero-order valence-corrected chi connectivity index (χ0v) is 15.8. The molecule has 0 amide bonds. The highest BCUT2D eigenvalue weighted by atomic mass is 32.2. The predicted molar refractivity (Wildman–Crippen MR) is 105 cm³/mol. The molecule has 4 rings (SSSR count). The summed E-state index contributed by atoms with van der Waals surface area (Å²) < 4.78 is 1.67. The number of pyridine rings is 1. The van der Waals surface area contributed by atoms with E-state index in [1.54, 1.807) is 16.9 Å². The number of rotatable bonds is 5. The molecule has 4 aromatic rings. The van der Waals surface area contributed by atoms with Crippen LogP contribution < -0.4 is 0 Å². The Morgan fingerprint density at radius 2 is 2.00 bits per heavy atom. The molecule has 0 bridgehead atoms. The molecule has 6 nitrogen and oxygen atoms in total. The molecule has 0 N–H and O–H groups in total. The van der Waals surface area contributed by atoms with Gasteiger partial charge in [0.05, 0.1) is 11.4 Å². The smallest absolute Gasteiger partial charge is 0.212 e. The van der Waals surface area contributed by atoms with Gasteiger partial charge in [0.2, 0.25) is 5.16 Å². The summed E-state index contributed by atoms with van der Waals surface area (Å²) >= 11 is 1.34. The number of carbonyl (C=O) groups excluding carboxylic acids is 1. The van der Waals surface area contributed by atoms with Crippen molar-refractivity contribution >= 4 is 23.2 Å². The van der Waals surface area contributed by atoms with Crippen LogP contribution in [-0.4, -0.2) is 36.3 Å². The first kappa shape index (κ1) is 17.4. The topological polar surface area (TPSA) is 73.0 Å². The van der Waals surface area contributed by atoms with Gasteiger partial charge in [0, 0.05) is 23.5 Å². The average Bonchev–Trinajstić information content (AvgIpc) is 3.09. The number of carbonyl (C=O) groups is 1. The summed E-state index contributed by atoms with van der Waals surface area (Å²) in [4.78, 5) is 16.7. The van der Waals surface area contributed by atoms with Crippen molar-refractivity contribution in [2.45, 2.75) is 19.0 Å². The fraction of sp³-hybridized carbons (Fsp3) is 0.150. The van der Waals surface area contributed by atoms with Gasteiger partial charge in [-0.25, -0.2) is 0 Å². The zero-order chi connectivity index (χ0) is 18.8. The van der Waals surface area contributed by atoms with E-state index < -0.39 is 0 Å². The van der Waals surface area contributed by atoms with E-state index in [9.17, 15) is 4.79 Å². The van der Waals surface area contributed by atoms with Gasteiger partial charge in [-0.2, -0.15) is 9.61 Å². The maximum Gasteiger partial charge on any atom is 0.212 e. The molecule has 3 heterocycles. The van der Waals surface area contributed by atoms with Crippen LogP contribution in [-0.2, 0) is 0 Å². The largest absolute Gasteiger partial charge is 0.293 e. The van der Waals surface area contributed by atoms with Crippen LogP contribution in [0.1, 0.15) is 21.5 Å². The molecule has 3 aromatic heterocycles. The maximum absolute atomic E-state index is 12.6. The number of nitrogens with zero attached hydrogens (tertiary/aromatic N) is 5. The lowest BCUT2D eigenvalue weighted by Gasteiger charge is -2.06. The minimum atomic E-state index is 0.0673. The number of benzene rings is 1. The number of hydrogen-bond donors (Lipinski definition) is 0. The van der Waals surface area contributed by atoms with Gasteiger partial charge in [-0.1, -0.05) is 35.5 Å². The van der Waals surface area contributed by atoms with Crippen LogP contribution in [0, 0.1) is 13.8 Å². The van der Waals surface area contributed by atoms with E-state index in [4.69, 9.17) is 0 Å². The van der Waals surface area contributed by atoms with Crippen LogP contribution in [0.3, 0.4) is 0 Å². The Kier molecular flexibility index (Phi) is 4.68. The number of aromatic nitrogens is 5. The molecular weight excluding hydrogens is 358 g/mol. The number of aryl methyl sites for hydroxylation is 2. The first-order chi connectivity index (χ1) is 13.1. The highest BCUT2D eigenvalue weighted by Crippen LogP contribution is 2.21. The van der Waals surface area contributed by atoms with Crippen LogP contribution >= 0.6 is 11.8 Å². The van der Waals surface area contributed by atoms with Crippen molar-refractivity contribution in [3.63, 3.8) is 0 Å². The standard InChI is InChI=1S/C20H17N5OS/c1-13-5-6-16(14(2)10-13)18(26)12-27-20-23-22-19-8-7-17(24-25(19)20)15-4-3-9-21-11-15/h3-11H,12H2,1-2H3. The van der Waals surface area contributed by atoms with Gasteiger partial charge >= 0.3 is 0 Å². The van der Waals surface area contributed by atoms with E-state index >= 15 is 0 Å². The third-order valence-electron chi connectivity index (χ3n) is 4.21. The first-order valence-electron chi connectivity index (χ1n) is 8.48. The molecule has 0 fully saturated rings. The predicted octanol–water partition coefficient (Wildman–Crippen LogP) is 3.78. The highest BCUT2D eigenvalue weighted by Gasteiger charge is 2.14. The lowest BCUT2D eigenvalue weighted by molar-refractivity contribution is 0.102. The number of fused-ring (bicyclic) bond motifs is 1. The Hall–Kier alpha value is -3.06. The van der Waals surface area contributed by atoms with Gasteiger partial charge in [-0.3, -0.25) is 9.78 Å². The molecule has 0 saturated carbocycles. The van der Waals surface area contributed by atoms with Crippen LogP contribution in [0.5, 0.6) is 0 Å². The summed E-state index contributed by atoms with van der Waals surface area (Å²) in [7, 11) is 0. The summed E-state index contributed by atoms with van der Waals surface area (Å²) in [6.07, 6.45) is 3.48. The van der Waals surface area contributed by atoms with Crippen LogP contribution in [0.4, 0.5) is 0 Å². The van der Waals surface area contributed by atoms with E-state index in [1.807, 2.05) is 56.3 Å². The maximum atomic E-state index is 12.6. The molecule has 0 atom stereocenters. The molecule has 0 spiro atoms. The summed E-state index contributed by atoms with van der Waals surface area (Å²) in [5.41, 5.74) is 5.21. The quantitative estimate of drug-likeness (QED) is 0.390. The molecule has 0 aliphatic carbocycles. The fourth-order valence-corrected chi connectivity index (χ4v) is 3.63. The SMILES string of the molecule is Cc1ccc(C(=O)CSc2nnc3ccc(-c4cccnc4)nn23)c(C)c1. The van der Waals surface area contributed by atoms with Gasteiger partial charge < -0.3 is 0 Å². The molecule has 0 saturated heterocycles. The van der Waals surface area contributed by atoms with E-state index in [0.29, 0.717) is 10.8 Å². The van der Waals surface area contributed by atoms with Crippen molar-refractivity contribution < 1.29 is 4.79 Å². The van der Waals surface area contributed by atoms with E-state index in [2.05, 4.69) is 20.3 Å². The van der Waals surface area contributed by atoms with E-state index in [-0.39, 0.29) is 11.5 Å². The Balaban J connectivity index is 1.58. The van der Waals surface area contributed by atoms with Crippen molar-refractivity contribution in [1.29, 1.82) is 0 Å². The lowest BCUT2D eigenvalue weighted by atomic mass is 10.0. The van der Waals surface area contributed by atoms with Gasteiger partial charge in [0.15, 0.2) is 11.4 Å². The minimum absolute atomic E-state index is 0.0673. The molecule has 134 valence electrons. The second-order valence-corrected chi connectivity index (χ2v) is 7.19. The number of hydrogen-bond acceptors (Lipinski definition) is 6. The Bertz CT molecular complexity index is 1120. The molecule has 0 aliphatic rings. The first-order valence-corrected chi connectivity index (χ1v) is 9.46. The minimum Gasteiger partial charge on any atom is -0.293 e. The number of thioether (sulfide) groups is 1. The second-order valence-electron chi connectivity index (χ2n) is 6.24. The van der Waals surface area contributed by atoms with Crippen LogP contribution in [0.2, 0.25) is 0 Å². The van der Waals surface area contributed by atoms with E-state index in [1.165, 1.54) is 11.8 Å². The summed E-state index contributed by atoms with van der Waals surface area (Å²) in [6.45, 7) is 3.98. The van der Waals surface area contributed by atoms with Gasteiger partial charge in [0.25, 0.3) is 0 Å². The van der Waals surface area contributed by atoms with Crippen LogP contribution in [0.25, 0.3) is 16.9 Å². The zero-order valence-electron chi connectivity index (χ0n) is 15.0. The van der Waals surface area contributed by atoms with Crippen molar-refractivity contribution in [3.05, 3.63) is 71.5 Å². The van der Waals surface area contributed by atoms with Crippen molar-refractivity contribution in [2.75, 3.05) is 5.75 Å². The molecule has 27 heavy (non-hydrogen) atoms. The normalized spacial score (nSPS) is 11.0. The highest BCUT2D eigenvalue weighted by molar-refractivity contribution is 7.99. The van der Waals surface area contributed by atoms with Crippen LogP contribution in [0.15, 0.2) is 60.0 Å².